The molecule has 2 aliphatic heterocycles. The van der Waals surface area contributed by atoms with Gasteiger partial charge in [0, 0.05) is 19.0 Å². The van der Waals surface area contributed by atoms with E-state index >= 15 is 0 Å². The number of hydrogen-bond acceptors (Lipinski definition) is 4. The van der Waals surface area contributed by atoms with Gasteiger partial charge in [0.05, 0.1) is 24.5 Å². The summed E-state index contributed by atoms with van der Waals surface area (Å²) >= 11 is 0. The zero-order valence-corrected chi connectivity index (χ0v) is 8.83. The van der Waals surface area contributed by atoms with Crippen LogP contribution in [0.3, 0.4) is 0 Å². The topological polar surface area (TPSA) is 75.6 Å². The van der Waals surface area contributed by atoms with Crippen LogP contribution in [0.5, 0.6) is 0 Å². The maximum absolute atomic E-state index is 10.9. The molecule has 2 rings (SSSR count). The Labute approximate surface area is 93.5 Å². The molecule has 0 aliphatic carbocycles. The molecular weight excluding hydrogens is 210 g/mol. The second kappa shape index (κ2) is 4.76. The van der Waals surface area contributed by atoms with Gasteiger partial charge < -0.3 is 20.0 Å². The van der Waals surface area contributed by atoms with Gasteiger partial charge in [-0.2, -0.15) is 0 Å². The minimum absolute atomic E-state index is 0.0116. The number of aldehydes is 1. The average Bonchev–Trinajstić information content (AvgIpc) is 2.83. The molecule has 5 nitrogen and oxygen atoms in total. The van der Waals surface area contributed by atoms with Crippen molar-refractivity contribution in [3.63, 3.8) is 0 Å². The fourth-order valence-electron chi connectivity index (χ4n) is 2.31. The first-order valence-corrected chi connectivity index (χ1v) is 5.44. The fraction of sp³-hybridized carbons (Fsp3) is 0.636. The van der Waals surface area contributed by atoms with Gasteiger partial charge in [0.25, 0.3) is 0 Å². The first-order valence-electron chi connectivity index (χ1n) is 5.44. The monoisotopic (exact) mass is 225 g/mol. The van der Waals surface area contributed by atoms with Gasteiger partial charge in [-0.25, -0.2) is 0 Å². The summed E-state index contributed by atoms with van der Waals surface area (Å²) in [4.78, 5) is 21.2. The molecule has 1 fully saturated rings. The maximum Gasteiger partial charge on any atom is 0.304 e. The van der Waals surface area contributed by atoms with Gasteiger partial charge in [-0.3, -0.25) is 4.79 Å². The molecule has 5 heteroatoms. The molecule has 2 aliphatic rings. The third kappa shape index (κ3) is 2.15. The molecule has 2 heterocycles. The number of ether oxygens (including phenoxy) is 1. The zero-order chi connectivity index (χ0) is 11.5. The molecule has 0 aromatic heterocycles. The van der Waals surface area contributed by atoms with Crippen molar-refractivity contribution in [3.05, 3.63) is 12.2 Å². The highest BCUT2D eigenvalue weighted by atomic mass is 16.5. The van der Waals surface area contributed by atoms with Gasteiger partial charge >= 0.3 is 5.97 Å². The van der Waals surface area contributed by atoms with Crippen LogP contribution in [0.2, 0.25) is 0 Å². The Morgan fingerprint density at radius 2 is 2.19 bits per heavy atom. The van der Waals surface area contributed by atoms with Crippen LogP contribution in [0.25, 0.3) is 0 Å². The molecule has 0 aromatic rings. The minimum Gasteiger partial charge on any atom is -0.481 e. The van der Waals surface area contributed by atoms with Crippen molar-refractivity contribution in [2.75, 3.05) is 13.1 Å². The molecule has 0 aromatic carbocycles. The largest absolute Gasteiger partial charge is 0.481 e. The van der Waals surface area contributed by atoms with Crippen molar-refractivity contribution in [1.82, 2.24) is 5.32 Å². The second-order valence-electron chi connectivity index (χ2n) is 4.18. The fourth-order valence-corrected chi connectivity index (χ4v) is 2.31. The lowest BCUT2D eigenvalue weighted by atomic mass is 9.84. The van der Waals surface area contributed by atoms with Crippen molar-refractivity contribution in [2.45, 2.75) is 18.6 Å². The minimum atomic E-state index is -0.816. The van der Waals surface area contributed by atoms with Gasteiger partial charge in [-0.1, -0.05) is 12.2 Å². The van der Waals surface area contributed by atoms with Gasteiger partial charge in [0.15, 0.2) is 0 Å². The van der Waals surface area contributed by atoms with Crippen LogP contribution in [-0.4, -0.2) is 42.7 Å². The molecule has 0 amide bonds. The van der Waals surface area contributed by atoms with E-state index in [9.17, 15) is 9.59 Å². The van der Waals surface area contributed by atoms with Crippen LogP contribution < -0.4 is 5.32 Å². The number of aliphatic carboxylic acids is 1. The lowest BCUT2D eigenvalue weighted by Crippen LogP contribution is -2.35. The Morgan fingerprint density at radius 1 is 1.44 bits per heavy atom. The highest BCUT2D eigenvalue weighted by molar-refractivity contribution is 5.66. The maximum atomic E-state index is 10.9. The number of carbonyl (C=O) groups is 2. The van der Waals surface area contributed by atoms with E-state index in [1.165, 1.54) is 0 Å². The van der Waals surface area contributed by atoms with Crippen molar-refractivity contribution in [3.8, 4) is 0 Å². The molecular formula is C11H15NO4. The summed E-state index contributed by atoms with van der Waals surface area (Å²) in [5.74, 6) is -0.767. The highest BCUT2D eigenvalue weighted by Gasteiger charge is 2.45. The lowest BCUT2D eigenvalue weighted by molar-refractivity contribution is -0.136. The summed E-state index contributed by atoms with van der Waals surface area (Å²) in [5.41, 5.74) is 0. The molecule has 0 saturated carbocycles. The molecule has 0 spiro atoms. The third-order valence-corrected chi connectivity index (χ3v) is 3.15. The summed E-state index contributed by atoms with van der Waals surface area (Å²) in [5, 5.41) is 11.5. The second-order valence-corrected chi connectivity index (χ2v) is 4.18. The number of carboxylic acid groups (broad SMARTS) is 1. The van der Waals surface area contributed by atoms with Crippen LogP contribution in [0.4, 0.5) is 0 Å². The Kier molecular flexibility index (Phi) is 3.36. The van der Waals surface area contributed by atoms with E-state index in [1.807, 2.05) is 12.2 Å². The smallest absolute Gasteiger partial charge is 0.304 e. The lowest BCUT2D eigenvalue weighted by Gasteiger charge is -2.20. The summed E-state index contributed by atoms with van der Waals surface area (Å²) < 4.78 is 5.57. The van der Waals surface area contributed by atoms with E-state index in [2.05, 4.69) is 5.32 Å². The van der Waals surface area contributed by atoms with E-state index in [1.54, 1.807) is 0 Å². The normalized spacial score (nSPS) is 35.5. The predicted octanol–water partition coefficient (Wildman–Crippen LogP) is -0.181. The first kappa shape index (κ1) is 11.3. The molecule has 2 N–H and O–H groups in total. The van der Waals surface area contributed by atoms with Crippen LogP contribution in [0, 0.1) is 11.8 Å². The Morgan fingerprint density at radius 3 is 2.88 bits per heavy atom. The summed E-state index contributed by atoms with van der Waals surface area (Å²) in [6, 6.07) is 0. The Bertz CT molecular complexity index is 315. The Balaban J connectivity index is 1.79. The van der Waals surface area contributed by atoms with Gasteiger partial charge in [0.2, 0.25) is 0 Å². The van der Waals surface area contributed by atoms with E-state index < -0.39 is 5.97 Å². The summed E-state index contributed by atoms with van der Waals surface area (Å²) in [6.07, 6.45) is 4.89. The van der Waals surface area contributed by atoms with Crippen LogP contribution in [0.15, 0.2) is 12.2 Å². The number of carbonyl (C=O) groups excluding carboxylic acids is 1. The predicted molar refractivity (Wildman–Crippen MR) is 56.0 cm³/mol. The number of nitrogens with one attached hydrogen (secondary N) is 1. The van der Waals surface area contributed by atoms with Crippen molar-refractivity contribution in [2.24, 2.45) is 11.8 Å². The van der Waals surface area contributed by atoms with Crippen molar-refractivity contribution >= 4 is 12.3 Å². The quantitative estimate of drug-likeness (QED) is 0.372. The van der Waals surface area contributed by atoms with Gasteiger partial charge in [0.1, 0.15) is 6.29 Å². The third-order valence-electron chi connectivity index (χ3n) is 3.15. The van der Waals surface area contributed by atoms with Crippen LogP contribution in [0.1, 0.15) is 6.42 Å². The summed E-state index contributed by atoms with van der Waals surface area (Å²) in [7, 11) is 0. The first-order chi connectivity index (χ1) is 7.72. The van der Waals surface area contributed by atoms with Crippen LogP contribution >= 0.6 is 0 Å². The van der Waals surface area contributed by atoms with E-state index in [0.29, 0.717) is 13.1 Å². The van der Waals surface area contributed by atoms with E-state index in [-0.39, 0.29) is 30.5 Å². The van der Waals surface area contributed by atoms with Crippen molar-refractivity contribution < 1.29 is 19.4 Å². The molecule has 4 atom stereocenters. The number of fused-ring (bicyclic) bond motifs is 2. The average molecular weight is 225 g/mol. The van der Waals surface area contributed by atoms with Crippen molar-refractivity contribution in [1.29, 1.82) is 0 Å². The number of carboxylic acids is 1. The summed E-state index contributed by atoms with van der Waals surface area (Å²) in [6.45, 7) is 1.06. The number of rotatable bonds is 6. The van der Waals surface area contributed by atoms with Gasteiger partial charge in [-0.15, -0.1) is 0 Å². The van der Waals surface area contributed by atoms with E-state index in [4.69, 9.17) is 9.84 Å². The molecule has 88 valence electrons. The molecule has 1 saturated heterocycles. The van der Waals surface area contributed by atoms with E-state index in [0.717, 1.165) is 6.29 Å². The molecule has 16 heavy (non-hydrogen) atoms. The van der Waals surface area contributed by atoms with Gasteiger partial charge in [-0.05, 0) is 0 Å². The molecule has 0 radical (unpaired) electrons. The molecule has 2 bridgehead atoms. The highest BCUT2D eigenvalue weighted by Crippen LogP contribution is 2.37. The number of hydrogen-bond donors (Lipinski definition) is 2. The molecule has 4 unspecified atom stereocenters. The Hall–Kier alpha value is -1.20. The standard InChI is InChI=1S/C11H15NO4/c13-6-8-7(5-12-4-3-11(14)15)9-1-2-10(8)16-9/h1-2,6-10,12H,3-5H2,(H,14,15). The van der Waals surface area contributed by atoms with Crippen LogP contribution in [-0.2, 0) is 14.3 Å². The SMILES string of the molecule is O=CC1C2C=CC(O2)C1CNCCC(=O)O. The zero-order valence-electron chi connectivity index (χ0n) is 8.83.